The molecule has 0 aliphatic rings. The van der Waals surface area contributed by atoms with E-state index in [1.807, 2.05) is 17.9 Å². The van der Waals surface area contributed by atoms with Gasteiger partial charge in [0.05, 0.1) is 18.4 Å². The standard InChI is InChI=1S/C17H17FN4O/c1-2-22(16-8-7-15(9-19)20-11-16)12-17(23)21-10-13-3-5-14(18)6-4-13/h3-8,11H,2,10,12H2,1H3,(H,21,23). The molecular formula is C17H17FN4O. The smallest absolute Gasteiger partial charge is 0.239 e. The molecule has 1 heterocycles. The van der Waals surface area contributed by atoms with E-state index >= 15 is 0 Å². The van der Waals surface area contributed by atoms with Gasteiger partial charge in [-0.05, 0) is 36.8 Å². The zero-order valence-corrected chi connectivity index (χ0v) is 12.8. The Morgan fingerprint density at radius 1 is 1.30 bits per heavy atom. The van der Waals surface area contributed by atoms with Gasteiger partial charge < -0.3 is 10.2 Å². The first-order valence-corrected chi connectivity index (χ1v) is 7.24. The molecule has 1 aromatic carbocycles. The number of nitriles is 1. The third-order valence-electron chi connectivity index (χ3n) is 3.35. The number of hydrogen-bond donors (Lipinski definition) is 1. The van der Waals surface area contributed by atoms with Crippen molar-refractivity contribution in [3.8, 4) is 6.07 Å². The Balaban J connectivity index is 1.91. The summed E-state index contributed by atoms with van der Waals surface area (Å²) in [5.74, 6) is -0.439. The summed E-state index contributed by atoms with van der Waals surface area (Å²) in [5, 5.41) is 11.6. The van der Waals surface area contributed by atoms with Crippen LogP contribution in [-0.2, 0) is 11.3 Å². The molecular weight excluding hydrogens is 295 g/mol. The lowest BCUT2D eigenvalue weighted by Crippen LogP contribution is -2.37. The van der Waals surface area contributed by atoms with Gasteiger partial charge in [-0.25, -0.2) is 9.37 Å². The topological polar surface area (TPSA) is 69.0 Å². The summed E-state index contributed by atoms with van der Waals surface area (Å²) in [6.07, 6.45) is 1.58. The van der Waals surface area contributed by atoms with Crippen LogP contribution in [-0.4, -0.2) is 24.0 Å². The molecule has 0 saturated carbocycles. The fourth-order valence-electron chi connectivity index (χ4n) is 2.06. The lowest BCUT2D eigenvalue weighted by molar-refractivity contribution is -0.119. The highest BCUT2D eigenvalue weighted by molar-refractivity contribution is 5.81. The lowest BCUT2D eigenvalue weighted by atomic mass is 10.2. The Kier molecular flexibility index (Phi) is 5.64. The van der Waals surface area contributed by atoms with Crippen molar-refractivity contribution < 1.29 is 9.18 Å². The number of halogens is 1. The molecule has 1 aromatic heterocycles. The molecule has 0 aliphatic heterocycles. The SMILES string of the molecule is CCN(CC(=O)NCc1ccc(F)cc1)c1ccc(C#N)nc1. The third kappa shape index (κ3) is 4.78. The molecule has 118 valence electrons. The van der Waals surface area contributed by atoms with Gasteiger partial charge in [-0.2, -0.15) is 5.26 Å². The second-order valence-corrected chi connectivity index (χ2v) is 4.93. The van der Waals surface area contributed by atoms with Crippen molar-refractivity contribution in [3.63, 3.8) is 0 Å². The summed E-state index contributed by atoms with van der Waals surface area (Å²) in [7, 11) is 0. The van der Waals surface area contributed by atoms with E-state index < -0.39 is 0 Å². The molecule has 0 atom stereocenters. The molecule has 0 bridgehead atoms. The molecule has 2 aromatic rings. The van der Waals surface area contributed by atoms with E-state index in [-0.39, 0.29) is 18.3 Å². The van der Waals surface area contributed by atoms with Crippen molar-refractivity contribution in [2.75, 3.05) is 18.0 Å². The molecule has 0 aliphatic carbocycles. The summed E-state index contributed by atoms with van der Waals surface area (Å²) in [6, 6.07) is 11.3. The predicted octanol–water partition coefficient (Wildman–Crippen LogP) is 2.24. The number of carbonyl (C=O) groups is 1. The van der Waals surface area contributed by atoms with Crippen molar-refractivity contribution in [3.05, 3.63) is 59.7 Å². The average Bonchev–Trinajstić information content (AvgIpc) is 2.59. The van der Waals surface area contributed by atoms with Gasteiger partial charge in [0, 0.05) is 13.1 Å². The number of hydrogen-bond acceptors (Lipinski definition) is 4. The van der Waals surface area contributed by atoms with Crippen LogP contribution in [0.2, 0.25) is 0 Å². The number of nitrogens with zero attached hydrogens (tertiary/aromatic N) is 3. The highest BCUT2D eigenvalue weighted by atomic mass is 19.1. The van der Waals surface area contributed by atoms with Gasteiger partial charge in [-0.3, -0.25) is 4.79 Å². The summed E-state index contributed by atoms with van der Waals surface area (Å²) in [5.41, 5.74) is 1.96. The zero-order valence-electron chi connectivity index (χ0n) is 12.8. The maximum absolute atomic E-state index is 12.8. The Bertz CT molecular complexity index is 692. The molecule has 2 rings (SSSR count). The first-order chi connectivity index (χ1) is 11.1. The summed E-state index contributed by atoms with van der Waals surface area (Å²) >= 11 is 0. The maximum atomic E-state index is 12.8. The fourth-order valence-corrected chi connectivity index (χ4v) is 2.06. The second kappa shape index (κ2) is 7.90. The van der Waals surface area contributed by atoms with Crippen LogP contribution in [0.15, 0.2) is 42.6 Å². The van der Waals surface area contributed by atoms with E-state index in [2.05, 4.69) is 10.3 Å². The number of benzene rings is 1. The minimum absolute atomic E-state index is 0.138. The molecule has 1 N–H and O–H groups in total. The molecule has 6 heteroatoms. The number of nitrogens with one attached hydrogen (secondary N) is 1. The Labute approximate surface area is 134 Å². The van der Waals surface area contributed by atoms with Crippen molar-refractivity contribution in [1.82, 2.24) is 10.3 Å². The van der Waals surface area contributed by atoms with E-state index in [1.165, 1.54) is 12.1 Å². The van der Waals surface area contributed by atoms with Crippen LogP contribution in [0, 0.1) is 17.1 Å². The van der Waals surface area contributed by atoms with Gasteiger partial charge in [0.1, 0.15) is 17.6 Å². The lowest BCUT2D eigenvalue weighted by Gasteiger charge is -2.22. The number of aromatic nitrogens is 1. The summed E-state index contributed by atoms with van der Waals surface area (Å²) in [4.78, 5) is 17.9. The quantitative estimate of drug-likeness (QED) is 0.888. The van der Waals surface area contributed by atoms with Crippen molar-refractivity contribution in [2.45, 2.75) is 13.5 Å². The second-order valence-electron chi connectivity index (χ2n) is 4.93. The number of amides is 1. The van der Waals surface area contributed by atoms with Crippen LogP contribution in [0.3, 0.4) is 0 Å². The molecule has 1 amide bonds. The average molecular weight is 312 g/mol. The minimum Gasteiger partial charge on any atom is -0.361 e. The molecule has 23 heavy (non-hydrogen) atoms. The maximum Gasteiger partial charge on any atom is 0.239 e. The van der Waals surface area contributed by atoms with Crippen LogP contribution >= 0.6 is 0 Å². The van der Waals surface area contributed by atoms with Gasteiger partial charge in [0.15, 0.2) is 0 Å². The van der Waals surface area contributed by atoms with Crippen molar-refractivity contribution in [1.29, 1.82) is 5.26 Å². The van der Waals surface area contributed by atoms with Gasteiger partial charge in [0.2, 0.25) is 5.91 Å². The molecule has 5 nitrogen and oxygen atoms in total. The van der Waals surface area contributed by atoms with E-state index in [9.17, 15) is 9.18 Å². The zero-order chi connectivity index (χ0) is 16.7. The molecule has 0 spiro atoms. The highest BCUT2D eigenvalue weighted by Crippen LogP contribution is 2.12. The number of carbonyl (C=O) groups excluding carboxylic acids is 1. The number of anilines is 1. The van der Waals surface area contributed by atoms with E-state index in [1.54, 1.807) is 30.5 Å². The van der Waals surface area contributed by atoms with Crippen molar-refractivity contribution >= 4 is 11.6 Å². The van der Waals surface area contributed by atoms with Gasteiger partial charge >= 0.3 is 0 Å². The van der Waals surface area contributed by atoms with E-state index in [0.29, 0.717) is 18.8 Å². The molecule has 0 radical (unpaired) electrons. The first kappa shape index (κ1) is 16.4. The Morgan fingerprint density at radius 2 is 2.04 bits per heavy atom. The van der Waals surface area contributed by atoms with E-state index in [0.717, 1.165) is 11.3 Å². The fraction of sp³-hybridized carbons (Fsp3) is 0.235. The molecule has 0 unspecified atom stereocenters. The normalized spacial score (nSPS) is 9.96. The Hall–Kier alpha value is -2.94. The van der Waals surface area contributed by atoms with Gasteiger partial charge in [-0.1, -0.05) is 12.1 Å². The van der Waals surface area contributed by atoms with Crippen LogP contribution in [0.25, 0.3) is 0 Å². The predicted molar refractivity (Wildman–Crippen MR) is 85.1 cm³/mol. The van der Waals surface area contributed by atoms with Crippen LogP contribution in [0.1, 0.15) is 18.2 Å². The minimum atomic E-state index is -0.300. The van der Waals surface area contributed by atoms with Crippen LogP contribution in [0.5, 0.6) is 0 Å². The largest absolute Gasteiger partial charge is 0.361 e. The Morgan fingerprint density at radius 3 is 2.61 bits per heavy atom. The molecule has 0 fully saturated rings. The third-order valence-corrected chi connectivity index (χ3v) is 3.35. The summed E-state index contributed by atoms with van der Waals surface area (Å²) < 4.78 is 12.8. The van der Waals surface area contributed by atoms with Gasteiger partial charge in [-0.15, -0.1) is 0 Å². The summed E-state index contributed by atoms with van der Waals surface area (Å²) in [6.45, 7) is 3.11. The first-order valence-electron chi connectivity index (χ1n) is 7.24. The van der Waals surface area contributed by atoms with Crippen LogP contribution in [0.4, 0.5) is 10.1 Å². The van der Waals surface area contributed by atoms with Crippen molar-refractivity contribution in [2.24, 2.45) is 0 Å². The monoisotopic (exact) mass is 312 g/mol. The number of likely N-dealkylation sites (N-methyl/N-ethyl adjacent to an activating group) is 1. The highest BCUT2D eigenvalue weighted by Gasteiger charge is 2.10. The molecule has 0 saturated heterocycles. The van der Waals surface area contributed by atoms with Crippen LogP contribution < -0.4 is 10.2 Å². The number of pyridine rings is 1. The number of rotatable bonds is 6. The van der Waals surface area contributed by atoms with Gasteiger partial charge in [0.25, 0.3) is 0 Å². The van der Waals surface area contributed by atoms with E-state index in [4.69, 9.17) is 5.26 Å².